The molecule has 0 unspecified atom stereocenters. The first-order valence-electron chi connectivity index (χ1n) is 10.1. The molecule has 1 aromatic carbocycles. The maximum Gasteiger partial charge on any atom is 0.251 e. The van der Waals surface area contributed by atoms with Crippen molar-refractivity contribution in [1.29, 1.82) is 0 Å². The molecule has 0 bridgehead atoms. The number of carbonyl (C=O) groups is 1. The Morgan fingerprint density at radius 3 is 2.25 bits per heavy atom. The second-order valence-corrected chi connectivity index (χ2v) is 9.36. The molecule has 1 aliphatic rings. The van der Waals surface area contributed by atoms with Gasteiger partial charge in [-0.2, -0.15) is 4.31 Å². The molecule has 1 fully saturated rings. The average molecular weight is 413 g/mol. The molecule has 1 saturated heterocycles. The summed E-state index contributed by atoms with van der Waals surface area (Å²) in [5, 5.41) is 2.91. The van der Waals surface area contributed by atoms with E-state index in [4.69, 9.17) is 4.74 Å². The number of benzene rings is 1. The van der Waals surface area contributed by atoms with Crippen LogP contribution in [0.4, 0.5) is 0 Å². The Hall–Kier alpha value is -1.48. The highest BCUT2D eigenvalue weighted by atomic mass is 32.2. The third-order valence-corrected chi connectivity index (χ3v) is 6.98. The number of hydrogen-bond donors (Lipinski definition) is 2. The molecule has 1 aliphatic heterocycles. The molecule has 28 heavy (non-hydrogen) atoms. The number of nitrogens with one attached hydrogen (secondary N) is 2. The van der Waals surface area contributed by atoms with Gasteiger partial charge in [0.05, 0.1) is 36.7 Å². The van der Waals surface area contributed by atoms with E-state index in [9.17, 15) is 13.2 Å². The van der Waals surface area contributed by atoms with E-state index in [-0.39, 0.29) is 23.0 Å². The molecular formula is C20H34N3O4S+. The molecule has 0 aliphatic carbocycles. The normalized spacial score (nSPS) is 21.0. The molecule has 1 aromatic rings. The van der Waals surface area contributed by atoms with E-state index in [0.717, 1.165) is 26.1 Å². The van der Waals surface area contributed by atoms with Crippen LogP contribution in [0.15, 0.2) is 29.2 Å². The second-order valence-electron chi connectivity index (χ2n) is 7.42. The van der Waals surface area contributed by atoms with Gasteiger partial charge in [-0.1, -0.05) is 0 Å². The Bertz CT molecular complexity index is 722. The van der Waals surface area contributed by atoms with E-state index in [1.807, 2.05) is 13.8 Å². The summed E-state index contributed by atoms with van der Waals surface area (Å²) >= 11 is 0. The van der Waals surface area contributed by atoms with E-state index in [2.05, 4.69) is 19.2 Å². The summed E-state index contributed by atoms with van der Waals surface area (Å²) in [6.07, 6.45) is 0.645. The van der Waals surface area contributed by atoms with Gasteiger partial charge >= 0.3 is 0 Å². The van der Waals surface area contributed by atoms with Gasteiger partial charge < -0.3 is 15.0 Å². The molecule has 2 rings (SSSR count). The first-order chi connectivity index (χ1) is 13.3. The van der Waals surface area contributed by atoms with Crippen LogP contribution in [0.3, 0.4) is 0 Å². The fourth-order valence-corrected chi connectivity index (χ4v) is 5.09. The molecule has 7 nitrogen and oxygen atoms in total. The summed E-state index contributed by atoms with van der Waals surface area (Å²) in [5.74, 6) is -0.174. The Labute approximate surface area is 169 Å². The lowest BCUT2D eigenvalue weighted by Gasteiger charge is -2.34. The predicted molar refractivity (Wildman–Crippen MR) is 109 cm³/mol. The third-order valence-electron chi connectivity index (χ3n) is 5.13. The molecule has 2 N–H and O–H groups in total. The summed E-state index contributed by atoms with van der Waals surface area (Å²) in [6, 6.07) is 6.17. The SMILES string of the molecule is CC[NH+](CC)CCCNC(=O)c1ccc(S(=O)(=O)N2C[C@@H](C)O[C@@H](C)C2)cc1. The monoisotopic (exact) mass is 412 g/mol. The fraction of sp³-hybridized carbons (Fsp3) is 0.650. The Morgan fingerprint density at radius 1 is 1.14 bits per heavy atom. The minimum atomic E-state index is -3.59. The number of quaternary nitrogens is 1. The van der Waals surface area contributed by atoms with E-state index in [1.54, 1.807) is 12.1 Å². The van der Waals surface area contributed by atoms with Crippen molar-refractivity contribution in [2.24, 2.45) is 0 Å². The Balaban J connectivity index is 1.94. The maximum atomic E-state index is 12.9. The molecule has 2 atom stereocenters. The lowest BCUT2D eigenvalue weighted by Crippen LogP contribution is -3.11. The van der Waals surface area contributed by atoms with Crippen molar-refractivity contribution < 1.29 is 22.8 Å². The molecule has 1 amide bonds. The minimum Gasteiger partial charge on any atom is -0.373 e. The number of rotatable bonds is 9. The summed E-state index contributed by atoms with van der Waals surface area (Å²) in [7, 11) is -3.59. The second kappa shape index (κ2) is 10.3. The van der Waals surface area contributed by atoms with Crippen LogP contribution in [0.2, 0.25) is 0 Å². The number of sulfonamides is 1. The molecule has 8 heteroatoms. The van der Waals surface area contributed by atoms with Gasteiger partial charge in [-0.15, -0.1) is 0 Å². The van der Waals surface area contributed by atoms with Gasteiger partial charge in [0.1, 0.15) is 0 Å². The highest BCUT2D eigenvalue weighted by Gasteiger charge is 2.32. The zero-order valence-corrected chi connectivity index (χ0v) is 18.2. The van der Waals surface area contributed by atoms with E-state index < -0.39 is 10.0 Å². The number of amides is 1. The van der Waals surface area contributed by atoms with Crippen molar-refractivity contribution in [1.82, 2.24) is 9.62 Å². The predicted octanol–water partition coefficient (Wildman–Crippen LogP) is 0.529. The van der Waals surface area contributed by atoms with Gasteiger partial charge in [-0.05, 0) is 52.0 Å². The van der Waals surface area contributed by atoms with Gasteiger partial charge in [-0.3, -0.25) is 4.79 Å². The Kier molecular flexibility index (Phi) is 8.42. The van der Waals surface area contributed by atoms with E-state index in [1.165, 1.54) is 21.3 Å². The molecule has 0 aromatic heterocycles. The van der Waals surface area contributed by atoms with Crippen LogP contribution < -0.4 is 10.2 Å². The van der Waals surface area contributed by atoms with Crippen LogP contribution in [0, 0.1) is 0 Å². The maximum absolute atomic E-state index is 12.9. The van der Waals surface area contributed by atoms with Crippen LogP contribution in [0.5, 0.6) is 0 Å². The Morgan fingerprint density at radius 2 is 1.71 bits per heavy atom. The molecule has 158 valence electrons. The highest BCUT2D eigenvalue weighted by Crippen LogP contribution is 2.21. The van der Waals surface area contributed by atoms with Gasteiger partial charge in [-0.25, -0.2) is 8.42 Å². The lowest BCUT2D eigenvalue weighted by molar-refractivity contribution is -0.896. The summed E-state index contributed by atoms with van der Waals surface area (Å²) in [6.45, 7) is 12.5. The van der Waals surface area contributed by atoms with Crippen LogP contribution >= 0.6 is 0 Å². The quantitative estimate of drug-likeness (QED) is 0.580. The van der Waals surface area contributed by atoms with E-state index in [0.29, 0.717) is 25.2 Å². The first kappa shape index (κ1) is 22.8. The van der Waals surface area contributed by atoms with Gasteiger partial charge in [0.25, 0.3) is 5.91 Å². The van der Waals surface area contributed by atoms with Gasteiger partial charge in [0.2, 0.25) is 10.0 Å². The zero-order valence-electron chi connectivity index (χ0n) is 17.4. The van der Waals surface area contributed by atoms with E-state index >= 15 is 0 Å². The molecule has 0 radical (unpaired) electrons. The molecule has 1 heterocycles. The standard InChI is InChI=1S/C20H33N3O4S/c1-5-22(6-2)13-7-12-21-20(24)18-8-10-19(11-9-18)28(25,26)23-14-16(3)27-17(4)15-23/h8-11,16-17H,5-7,12-15H2,1-4H3,(H,21,24)/p+1/t16-,17+. The molecular weight excluding hydrogens is 378 g/mol. The van der Waals surface area contributed by atoms with Crippen molar-refractivity contribution in [3.05, 3.63) is 29.8 Å². The van der Waals surface area contributed by atoms with Crippen molar-refractivity contribution in [2.75, 3.05) is 39.3 Å². The lowest BCUT2D eigenvalue weighted by atomic mass is 10.2. The number of hydrogen-bond acceptors (Lipinski definition) is 4. The number of nitrogens with zero attached hydrogens (tertiary/aromatic N) is 1. The van der Waals surface area contributed by atoms with Crippen molar-refractivity contribution in [2.45, 2.75) is 51.2 Å². The highest BCUT2D eigenvalue weighted by molar-refractivity contribution is 7.89. The largest absolute Gasteiger partial charge is 0.373 e. The molecule has 0 spiro atoms. The summed E-state index contributed by atoms with van der Waals surface area (Å²) in [4.78, 5) is 14.0. The van der Waals surface area contributed by atoms with Crippen LogP contribution in [-0.4, -0.2) is 70.1 Å². The average Bonchev–Trinajstić information content (AvgIpc) is 2.67. The van der Waals surface area contributed by atoms with Crippen LogP contribution in [0.25, 0.3) is 0 Å². The van der Waals surface area contributed by atoms with Crippen molar-refractivity contribution >= 4 is 15.9 Å². The summed E-state index contributed by atoms with van der Waals surface area (Å²) in [5.41, 5.74) is 0.470. The number of carbonyl (C=O) groups excluding carboxylic acids is 1. The van der Waals surface area contributed by atoms with Crippen LogP contribution in [-0.2, 0) is 14.8 Å². The fourth-order valence-electron chi connectivity index (χ4n) is 3.50. The van der Waals surface area contributed by atoms with Crippen molar-refractivity contribution in [3.8, 4) is 0 Å². The minimum absolute atomic E-state index is 0.137. The van der Waals surface area contributed by atoms with Crippen LogP contribution in [0.1, 0.15) is 44.5 Å². The summed E-state index contributed by atoms with van der Waals surface area (Å²) < 4.78 is 32.8. The first-order valence-corrected chi connectivity index (χ1v) is 11.6. The number of morpholine rings is 1. The third kappa shape index (κ3) is 6.01. The zero-order chi connectivity index (χ0) is 20.7. The number of ether oxygens (including phenoxy) is 1. The smallest absolute Gasteiger partial charge is 0.251 e. The van der Waals surface area contributed by atoms with Gasteiger partial charge in [0.15, 0.2) is 0 Å². The molecule has 0 saturated carbocycles. The van der Waals surface area contributed by atoms with Gasteiger partial charge in [0, 0.05) is 31.6 Å². The topological polar surface area (TPSA) is 80.2 Å². The van der Waals surface area contributed by atoms with Crippen molar-refractivity contribution in [3.63, 3.8) is 0 Å².